The minimum atomic E-state index is -0.778. The van der Waals surface area contributed by atoms with Crippen molar-refractivity contribution in [1.29, 1.82) is 0 Å². The van der Waals surface area contributed by atoms with Crippen LogP contribution in [0.5, 0.6) is 0 Å². The van der Waals surface area contributed by atoms with Crippen LogP contribution in [0.2, 0.25) is 0 Å². The van der Waals surface area contributed by atoms with E-state index in [1.165, 1.54) is 11.3 Å². The van der Waals surface area contributed by atoms with Gasteiger partial charge in [-0.2, -0.15) is 16.1 Å². The molecule has 0 fully saturated rings. The van der Waals surface area contributed by atoms with Crippen LogP contribution >= 0.6 is 0 Å². The number of unbranched alkanes of at least 4 members (excludes halogenated alkanes) is 1. The van der Waals surface area contributed by atoms with Crippen molar-refractivity contribution in [3.63, 3.8) is 0 Å². The van der Waals surface area contributed by atoms with Crippen LogP contribution in [0.15, 0.2) is 15.4 Å². The summed E-state index contributed by atoms with van der Waals surface area (Å²) in [6, 6.07) is -0.778. The highest BCUT2D eigenvalue weighted by atomic mass is 16.7. The van der Waals surface area contributed by atoms with Crippen LogP contribution in [0.25, 0.3) is 0 Å². The summed E-state index contributed by atoms with van der Waals surface area (Å²) in [6.07, 6.45) is 3.11. The molecular weight excluding hydrogens is 228 g/mol. The van der Waals surface area contributed by atoms with E-state index in [1.807, 2.05) is 0 Å². The van der Waals surface area contributed by atoms with Gasteiger partial charge in [-0.15, -0.1) is 0 Å². The lowest BCUT2D eigenvalue weighted by Gasteiger charge is -2.12. The van der Waals surface area contributed by atoms with Crippen LogP contribution in [0, 0.1) is 0 Å². The van der Waals surface area contributed by atoms with E-state index in [1.54, 1.807) is 0 Å². The maximum absolute atomic E-state index is 11.1. The third-order valence-corrected chi connectivity index (χ3v) is 1.95. The van der Waals surface area contributed by atoms with Crippen molar-refractivity contribution in [3.8, 4) is 0 Å². The Labute approximate surface area is 98.5 Å². The van der Waals surface area contributed by atoms with Gasteiger partial charge in [0.2, 0.25) is 0 Å². The smallest absolute Gasteiger partial charge is 0.351 e. The van der Waals surface area contributed by atoms with Crippen LogP contribution < -0.4 is 23.4 Å². The molecule has 0 rings (SSSR count). The van der Waals surface area contributed by atoms with Crippen LogP contribution in [0.4, 0.5) is 0 Å². The molecule has 8 N–H and O–H groups in total. The lowest BCUT2D eigenvalue weighted by atomic mass is 10.1. The molecule has 10 nitrogen and oxygen atoms in total. The maximum atomic E-state index is 11.1. The van der Waals surface area contributed by atoms with Crippen molar-refractivity contribution in [2.45, 2.75) is 25.3 Å². The first-order valence-electron chi connectivity index (χ1n) is 4.91. The Bertz CT molecular complexity index is 269. The van der Waals surface area contributed by atoms with Gasteiger partial charge in [-0.3, -0.25) is 5.01 Å². The van der Waals surface area contributed by atoms with Gasteiger partial charge < -0.3 is 16.5 Å². The SMILES string of the molecule is NN=CN(N)CCCC[C@H](N=NN)C(=O)ON. The third-order valence-electron chi connectivity index (χ3n) is 1.95. The molecule has 0 radical (unpaired) electrons. The zero-order valence-electron chi connectivity index (χ0n) is 9.40. The molecule has 0 aliphatic carbocycles. The van der Waals surface area contributed by atoms with Gasteiger partial charge in [0, 0.05) is 6.54 Å². The first kappa shape index (κ1) is 15.1. The lowest BCUT2D eigenvalue weighted by molar-refractivity contribution is -0.146. The van der Waals surface area contributed by atoms with Crippen LogP contribution in [0.1, 0.15) is 19.3 Å². The molecule has 0 bridgehead atoms. The highest BCUT2D eigenvalue weighted by Crippen LogP contribution is 2.06. The van der Waals surface area contributed by atoms with Crippen LogP contribution in [-0.4, -0.2) is 29.9 Å². The Morgan fingerprint density at radius 3 is 2.65 bits per heavy atom. The molecule has 0 spiro atoms. The summed E-state index contributed by atoms with van der Waals surface area (Å²) in [5.41, 5.74) is 0. The van der Waals surface area contributed by atoms with Crippen molar-refractivity contribution >= 4 is 12.3 Å². The van der Waals surface area contributed by atoms with Crippen molar-refractivity contribution in [2.75, 3.05) is 6.54 Å². The number of hydrazine groups is 1. The second-order valence-corrected chi connectivity index (χ2v) is 3.18. The van der Waals surface area contributed by atoms with E-state index in [4.69, 9.17) is 23.4 Å². The molecule has 10 heteroatoms. The molecule has 0 aromatic carbocycles. The summed E-state index contributed by atoms with van der Waals surface area (Å²) in [7, 11) is 0. The highest BCUT2D eigenvalue weighted by Gasteiger charge is 2.18. The molecule has 0 heterocycles. The fraction of sp³-hybridized carbons (Fsp3) is 0.714. The van der Waals surface area contributed by atoms with Crippen LogP contribution in [0.3, 0.4) is 0 Å². The molecular formula is C7H18N8O2. The molecule has 17 heavy (non-hydrogen) atoms. The molecule has 0 unspecified atom stereocenters. The van der Waals surface area contributed by atoms with E-state index < -0.39 is 12.0 Å². The molecule has 0 aromatic heterocycles. The van der Waals surface area contributed by atoms with E-state index in [-0.39, 0.29) is 0 Å². The zero-order valence-corrected chi connectivity index (χ0v) is 9.40. The summed E-state index contributed by atoms with van der Waals surface area (Å²) in [5.74, 6) is 19.3. The van der Waals surface area contributed by atoms with Crippen molar-refractivity contribution in [1.82, 2.24) is 5.01 Å². The summed E-state index contributed by atoms with van der Waals surface area (Å²) in [4.78, 5) is 15.2. The average molecular weight is 246 g/mol. The predicted octanol–water partition coefficient (Wildman–Crippen LogP) is -1.65. The van der Waals surface area contributed by atoms with Crippen LogP contribution in [-0.2, 0) is 9.63 Å². The minimum Gasteiger partial charge on any atom is -0.372 e. The summed E-state index contributed by atoms with van der Waals surface area (Å²) in [5, 5.41) is 11.1. The quantitative estimate of drug-likeness (QED) is 0.0991. The Balaban J connectivity index is 3.86. The monoisotopic (exact) mass is 246 g/mol. The average Bonchev–Trinajstić information content (AvgIpc) is 2.32. The molecule has 1 atom stereocenters. The molecule has 0 aliphatic rings. The number of nitrogens with two attached hydrogens (primary N) is 4. The normalized spacial score (nSPS) is 13.1. The Kier molecular flexibility index (Phi) is 8.24. The Morgan fingerprint density at radius 1 is 1.41 bits per heavy atom. The molecule has 0 saturated carbocycles. The molecule has 0 aliphatic heterocycles. The van der Waals surface area contributed by atoms with E-state index in [0.29, 0.717) is 19.4 Å². The van der Waals surface area contributed by atoms with Gasteiger partial charge in [-0.25, -0.2) is 10.6 Å². The number of rotatable bonds is 8. The van der Waals surface area contributed by atoms with Crippen molar-refractivity contribution in [3.05, 3.63) is 0 Å². The van der Waals surface area contributed by atoms with E-state index in [9.17, 15) is 4.79 Å². The van der Waals surface area contributed by atoms with Gasteiger partial charge >= 0.3 is 5.97 Å². The number of hydrogen-bond acceptors (Lipinski definition) is 8. The molecule has 98 valence electrons. The van der Waals surface area contributed by atoms with Crippen molar-refractivity contribution in [2.24, 2.45) is 38.9 Å². The van der Waals surface area contributed by atoms with E-state index >= 15 is 0 Å². The van der Waals surface area contributed by atoms with E-state index in [2.05, 4.69) is 20.3 Å². The number of nitrogens with zero attached hydrogens (tertiary/aromatic N) is 4. The predicted molar refractivity (Wildman–Crippen MR) is 60.5 cm³/mol. The minimum absolute atomic E-state index is 0.421. The van der Waals surface area contributed by atoms with E-state index in [0.717, 1.165) is 6.42 Å². The Hall–Kier alpha value is -1.94. The van der Waals surface area contributed by atoms with Gasteiger partial charge in [0.25, 0.3) is 0 Å². The second kappa shape index (κ2) is 9.30. The first-order chi connectivity index (χ1) is 8.15. The fourth-order valence-electron chi connectivity index (χ4n) is 1.16. The molecule has 0 amide bonds. The first-order valence-corrected chi connectivity index (χ1v) is 4.91. The Morgan fingerprint density at radius 2 is 2.12 bits per heavy atom. The standard InChI is InChI=1S/C7H18N8O2/c8-12-5-15(10)4-2-1-3-6(13-14-9)7(16)17-11/h5-6H,1-4,8,10-11H2,(H2,9,13)/t6-/m0/s1. The second-order valence-electron chi connectivity index (χ2n) is 3.18. The summed E-state index contributed by atoms with van der Waals surface area (Å²) < 4.78 is 0. The lowest BCUT2D eigenvalue weighted by Crippen LogP contribution is -2.31. The summed E-state index contributed by atoms with van der Waals surface area (Å²) in [6.45, 7) is 0.546. The zero-order chi connectivity index (χ0) is 13.1. The summed E-state index contributed by atoms with van der Waals surface area (Å²) >= 11 is 0. The van der Waals surface area contributed by atoms with Gasteiger partial charge in [0.15, 0.2) is 6.04 Å². The van der Waals surface area contributed by atoms with Gasteiger partial charge in [-0.1, -0.05) is 5.22 Å². The molecule has 0 saturated heterocycles. The fourth-order valence-corrected chi connectivity index (χ4v) is 1.16. The number of hydrogen-bond donors (Lipinski definition) is 4. The topological polar surface area (TPSA) is 171 Å². The van der Waals surface area contributed by atoms with Gasteiger partial charge in [0.1, 0.15) is 6.34 Å². The van der Waals surface area contributed by atoms with Gasteiger partial charge in [0.05, 0.1) is 0 Å². The number of carbonyl (C=O) groups excluding carboxylic acids is 1. The highest BCUT2D eigenvalue weighted by molar-refractivity contribution is 5.75. The molecule has 0 aromatic rings. The van der Waals surface area contributed by atoms with Gasteiger partial charge in [-0.05, 0) is 19.3 Å². The van der Waals surface area contributed by atoms with Crippen molar-refractivity contribution < 1.29 is 9.63 Å². The largest absolute Gasteiger partial charge is 0.372 e. The number of carbonyl (C=O) groups is 1. The third kappa shape index (κ3) is 7.03. The maximum Gasteiger partial charge on any atom is 0.351 e. The number of hydrazone groups is 1.